The summed E-state index contributed by atoms with van der Waals surface area (Å²) in [4.78, 5) is 11.7. The molecule has 1 fully saturated rings. The predicted molar refractivity (Wildman–Crippen MR) is 142 cm³/mol. The maximum absolute atomic E-state index is 5.80. The molecule has 2 aromatic rings. The lowest BCUT2D eigenvalue weighted by molar-refractivity contribution is 0.311. The van der Waals surface area contributed by atoms with Gasteiger partial charge in [-0.3, -0.25) is 4.99 Å². The molecule has 0 bridgehead atoms. The van der Waals surface area contributed by atoms with Crippen molar-refractivity contribution in [2.24, 2.45) is 4.99 Å². The smallest absolute Gasteiger partial charge is 0.191 e. The molecule has 2 heterocycles. The molecule has 0 radical (unpaired) electrons. The number of hydrogen-bond donors (Lipinski definition) is 2. The fourth-order valence-corrected chi connectivity index (χ4v) is 3.61. The summed E-state index contributed by atoms with van der Waals surface area (Å²) in [6, 6.07) is 14.3. The monoisotopic (exact) mass is 553 g/mol. The maximum atomic E-state index is 5.80. The average Bonchev–Trinajstić information content (AvgIpc) is 2.79. The number of methoxy groups -OCH3 is 1. The first kappa shape index (κ1) is 26.0. The van der Waals surface area contributed by atoms with Crippen molar-refractivity contribution in [3.05, 3.63) is 48.2 Å². The number of aliphatic imine (C=N–C) groups is 1. The Morgan fingerprint density at radius 3 is 2.62 bits per heavy atom. The third kappa shape index (κ3) is 8.37. The lowest BCUT2D eigenvalue weighted by Crippen LogP contribution is -2.49. The summed E-state index contributed by atoms with van der Waals surface area (Å²) in [5.74, 6) is 3.59. The van der Waals surface area contributed by atoms with Gasteiger partial charge in [-0.15, -0.1) is 24.0 Å². The summed E-state index contributed by atoms with van der Waals surface area (Å²) in [6.07, 6.45) is 2.99. The van der Waals surface area contributed by atoms with E-state index in [0.717, 1.165) is 67.9 Å². The van der Waals surface area contributed by atoms with Gasteiger partial charge in [-0.25, -0.2) is 4.98 Å². The van der Waals surface area contributed by atoms with Crippen LogP contribution in [0.2, 0.25) is 0 Å². The van der Waals surface area contributed by atoms with E-state index in [1.807, 2.05) is 37.3 Å². The third-order valence-corrected chi connectivity index (χ3v) is 5.26. The topological polar surface area (TPSA) is 71.0 Å². The molecule has 0 unspecified atom stereocenters. The van der Waals surface area contributed by atoms with E-state index in [1.54, 1.807) is 7.11 Å². The molecule has 0 atom stereocenters. The van der Waals surface area contributed by atoms with Gasteiger partial charge in [0.15, 0.2) is 5.96 Å². The number of aryl methyl sites for hydroxylation is 1. The molecule has 0 spiro atoms. The van der Waals surface area contributed by atoms with Crippen LogP contribution >= 0.6 is 24.0 Å². The van der Waals surface area contributed by atoms with Crippen molar-refractivity contribution in [3.63, 3.8) is 0 Å². The van der Waals surface area contributed by atoms with Crippen LogP contribution in [0.1, 0.15) is 31.9 Å². The van der Waals surface area contributed by atoms with Crippen molar-refractivity contribution >= 4 is 35.8 Å². The normalized spacial score (nSPS) is 14.5. The number of piperidine rings is 1. The zero-order valence-electron chi connectivity index (χ0n) is 19.3. The van der Waals surface area contributed by atoms with E-state index in [4.69, 9.17) is 14.5 Å². The van der Waals surface area contributed by atoms with Crippen molar-refractivity contribution in [1.29, 1.82) is 0 Å². The quantitative estimate of drug-likeness (QED) is 0.212. The van der Waals surface area contributed by atoms with Crippen LogP contribution in [0, 0.1) is 6.92 Å². The van der Waals surface area contributed by atoms with Gasteiger partial charge in [0.05, 0.1) is 13.7 Å². The number of rotatable bonds is 9. The van der Waals surface area contributed by atoms with Crippen molar-refractivity contribution in [3.8, 4) is 11.5 Å². The molecule has 176 valence electrons. The van der Waals surface area contributed by atoms with Crippen molar-refractivity contribution in [1.82, 2.24) is 15.6 Å². The van der Waals surface area contributed by atoms with Crippen molar-refractivity contribution in [2.75, 3.05) is 44.8 Å². The van der Waals surface area contributed by atoms with Gasteiger partial charge in [-0.2, -0.15) is 0 Å². The standard InChI is InChI=1S/C24H35N5O2.HI/c1-4-25-24(26-14-7-17-31-22-10-6-9-21(18-22)30-3)28-20-12-15-29(16-13-20)23-11-5-8-19(2)27-23;/h5-6,8-11,18,20H,4,7,12-17H2,1-3H3,(H2,25,26,28);1H. The fraction of sp³-hybridized carbons (Fsp3) is 0.500. The number of guanidine groups is 1. The fourth-order valence-electron chi connectivity index (χ4n) is 3.61. The van der Waals surface area contributed by atoms with Crippen LogP contribution in [0.3, 0.4) is 0 Å². The van der Waals surface area contributed by atoms with Gasteiger partial charge < -0.3 is 25.0 Å². The lowest BCUT2D eigenvalue weighted by Gasteiger charge is -2.34. The van der Waals surface area contributed by atoms with E-state index in [9.17, 15) is 0 Å². The first-order valence-corrected chi connectivity index (χ1v) is 11.2. The largest absolute Gasteiger partial charge is 0.497 e. The number of hydrogen-bond acceptors (Lipinski definition) is 5. The Morgan fingerprint density at radius 1 is 1.16 bits per heavy atom. The van der Waals surface area contributed by atoms with E-state index in [2.05, 4.69) is 39.6 Å². The van der Waals surface area contributed by atoms with Crippen LogP contribution in [0.4, 0.5) is 5.82 Å². The highest BCUT2D eigenvalue weighted by atomic mass is 127. The number of halogens is 1. The minimum Gasteiger partial charge on any atom is -0.497 e. The summed E-state index contributed by atoms with van der Waals surface area (Å²) in [6.45, 7) is 8.32. The Morgan fingerprint density at radius 2 is 1.91 bits per heavy atom. The van der Waals surface area contributed by atoms with Crippen molar-refractivity contribution < 1.29 is 9.47 Å². The van der Waals surface area contributed by atoms with Gasteiger partial charge in [0, 0.05) is 50.4 Å². The van der Waals surface area contributed by atoms with E-state index >= 15 is 0 Å². The molecule has 1 aromatic heterocycles. The third-order valence-electron chi connectivity index (χ3n) is 5.26. The molecule has 8 heteroatoms. The van der Waals surface area contributed by atoms with Gasteiger partial charge in [0.1, 0.15) is 17.3 Å². The number of benzene rings is 1. The summed E-state index contributed by atoms with van der Waals surface area (Å²) in [5, 5.41) is 6.96. The Kier molecular flexibility index (Phi) is 11.4. The zero-order chi connectivity index (χ0) is 21.9. The first-order chi connectivity index (χ1) is 15.2. The number of anilines is 1. The number of ether oxygens (including phenoxy) is 2. The summed E-state index contributed by atoms with van der Waals surface area (Å²) >= 11 is 0. The minimum atomic E-state index is 0. The lowest BCUT2D eigenvalue weighted by atomic mass is 10.1. The Bertz CT molecular complexity index is 841. The van der Waals surface area contributed by atoms with E-state index in [1.165, 1.54) is 0 Å². The average molecular weight is 553 g/mol. The van der Waals surface area contributed by atoms with Crippen LogP contribution in [0.15, 0.2) is 47.5 Å². The van der Waals surface area contributed by atoms with Crippen molar-refractivity contribution in [2.45, 2.75) is 39.2 Å². The van der Waals surface area contributed by atoms with Crippen LogP contribution in [-0.2, 0) is 0 Å². The van der Waals surface area contributed by atoms with Gasteiger partial charge in [0.2, 0.25) is 0 Å². The Hall–Kier alpha value is -2.23. The highest BCUT2D eigenvalue weighted by Gasteiger charge is 2.20. The minimum absolute atomic E-state index is 0. The molecule has 1 aliphatic rings. The zero-order valence-corrected chi connectivity index (χ0v) is 21.7. The van der Waals surface area contributed by atoms with E-state index in [-0.39, 0.29) is 24.0 Å². The molecule has 7 nitrogen and oxygen atoms in total. The van der Waals surface area contributed by atoms with Gasteiger partial charge in [0.25, 0.3) is 0 Å². The second-order valence-corrected chi connectivity index (χ2v) is 7.68. The molecule has 0 aliphatic carbocycles. The van der Waals surface area contributed by atoms with Crippen LogP contribution < -0.4 is 25.0 Å². The number of nitrogens with one attached hydrogen (secondary N) is 2. The van der Waals surface area contributed by atoms with Gasteiger partial charge >= 0.3 is 0 Å². The number of nitrogens with zero attached hydrogens (tertiary/aromatic N) is 3. The number of pyridine rings is 1. The van der Waals surface area contributed by atoms with E-state index in [0.29, 0.717) is 19.2 Å². The summed E-state index contributed by atoms with van der Waals surface area (Å²) in [5.41, 5.74) is 1.06. The van der Waals surface area contributed by atoms with Gasteiger partial charge in [-0.1, -0.05) is 12.1 Å². The molecule has 2 N–H and O–H groups in total. The van der Waals surface area contributed by atoms with E-state index < -0.39 is 0 Å². The second-order valence-electron chi connectivity index (χ2n) is 7.68. The Labute approximate surface area is 209 Å². The van der Waals surface area contributed by atoms with Crippen LogP contribution in [0.5, 0.6) is 11.5 Å². The molecular weight excluding hydrogens is 517 g/mol. The SMILES string of the molecule is CCNC(=NCCCOc1cccc(OC)c1)NC1CCN(c2cccc(C)n2)CC1.I. The molecule has 0 saturated carbocycles. The molecule has 1 aromatic carbocycles. The second kappa shape index (κ2) is 14.0. The molecule has 1 aliphatic heterocycles. The van der Waals surface area contributed by atoms with Crippen LogP contribution in [0.25, 0.3) is 0 Å². The molecule has 32 heavy (non-hydrogen) atoms. The van der Waals surface area contributed by atoms with Gasteiger partial charge in [-0.05, 0) is 51.0 Å². The summed E-state index contributed by atoms with van der Waals surface area (Å²) < 4.78 is 11.0. The summed E-state index contributed by atoms with van der Waals surface area (Å²) in [7, 11) is 1.66. The Balaban J connectivity index is 0.00000363. The highest BCUT2D eigenvalue weighted by Crippen LogP contribution is 2.19. The molecule has 3 rings (SSSR count). The molecule has 0 amide bonds. The first-order valence-electron chi connectivity index (χ1n) is 11.2. The highest BCUT2D eigenvalue weighted by molar-refractivity contribution is 14.0. The molecule has 1 saturated heterocycles. The maximum Gasteiger partial charge on any atom is 0.191 e. The number of aromatic nitrogens is 1. The van der Waals surface area contributed by atoms with Crippen LogP contribution in [-0.4, -0.2) is 56.9 Å². The molecular formula is C24H36IN5O2. The predicted octanol–water partition coefficient (Wildman–Crippen LogP) is 4.01.